The predicted octanol–water partition coefficient (Wildman–Crippen LogP) is 14.7. The number of benzene rings is 3. The second-order valence-electron chi connectivity index (χ2n) is 18.3. The summed E-state index contributed by atoms with van der Waals surface area (Å²) < 4.78 is 0. The van der Waals surface area contributed by atoms with Crippen molar-refractivity contribution in [2.45, 2.75) is 76.3 Å². The van der Waals surface area contributed by atoms with Gasteiger partial charge in [0.2, 0.25) is 0 Å². The van der Waals surface area contributed by atoms with Crippen molar-refractivity contribution in [3.8, 4) is 11.1 Å². The molecule has 1 fully saturated rings. The summed E-state index contributed by atoms with van der Waals surface area (Å²) in [5, 5.41) is 0. The Hall–Kier alpha value is -5.60. The molecule has 0 saturated carbocycles. The number of hydrogen-bond donors (Lipinski definition) is 0. The monoisotopic (exact) mass is 782 g/mol. The third kappa shape index (κ3) is 7.02. The van der Waals surface area contributed by atoms with Crippen molar-refractivity contribution >= 4 is 22.5 Å². The zero-order chi connectivity index (χ0) is 39.8. The van der Waals surface area contributed by atoms with Gasteiger partial charge in [-0.1, -0.05) is 146 Å². The van der Waals surface area contributed by atoms with Crippen LogP contribution < -0.4 is 4.90 Å². The van der Waals surface area contributed by atoms with Gasteiger partial charge in [0.15, 0.2) is 0 Å². The first-order chi connectivity index (χ1) is 29.8. The maximum absolute atomic E-state index is 2.92. The summed E-state index contributed by atoms with van der Waals surface area (Å²) in [5.41, 5.74) is 13.1. The Kier molecular flexibility index (Phi) is 10.3. The minimum absolute atomic E-state index is 0.452. The second kappa shape index (κ2) is 16.5. The van der Waals surface area contributed by atoms with E-state index in [-0.39, 0.29) is 0 Å². The molecule has 11 rings (SSSR count). The zero-order valence-corrected chi connectivity index (χ0v) is 34.9. The molecule has 3 aromatic rings. The smallest absolute Gasteiger partial charge is 0.0511 e. The van der Waals surface area contributed by atoms with Crippen molar-refractivity contribution in [2.24, 2.45) is 35.5 Å². The Labute approximate surface area is 358 Å². The highest BCUT2D eigenvalue weighted by atomic mass is 15.2. The predicted molar refractivity (Wildman–Crippen MR) is 253 cm³/mol. The van der Waals surface area contributed by atoms with E-state index in [0.29, 0.717) is 29.8 Å². The lowest BCUT2D eigenvalue weighted by molar-refractivity contribution is 0.165. The molecular weight excluding hydrogens is 725 g/mol. The fourth-order valence-corrected chi connectivity index (χ4v) is 12.1. The van der Waals surface area contributed by atoms with Crippen molar-refractivity contribution in [3.05, 3.63) is 205 Å². The summed E-state index contributed by atoms with van der Waals surface area (Å²) in [6, 6.07) is 28.6. The first-order valence-electron chi connectivity index (χ1n) is 23.1. The Bertz CT molecular complexity index is 2420. The highest BCUT2D eigenvalue weighted by Gasteiger charge is 2.54. The normalized spacial score (nSPS) is 29.9. The Morgan fingerprint density at radius 2 is 1.27 bits per heavy atom. The van der Waals surface area contributed by atoms with E-state index >= 15 is 0 Å². The van der Waals surface area contributed by atoms with E-state index in [1.807, 2.05) is 0 Å². The molecule has 0 N–H and O–H groups in total. The second-order valence-corrected chi connectivity index (χ2v) is 18.3. The Balaban J connectivity index is 0.876. The molecule has 7 aliphatic carbocycles. The Morgan fingerprint density at radius 1 is 0.500 bits per heavy atom. The molecule has 60 heavy (non-hydrogen) atoms. The van der Waals surface area contributed by atoms with E-state index in [9.17, 15) is 0 Å². The summed E-state index contributed by atoms with van der Waals surface area (Å²) >= 11 is 0. The van der Waals surface area contributed by atoms with Gasteiger partial charge in [-0.05, 0) is 164 Å². The molecule has 2 nitrogen and oxygen atoms in total. The van der Waals surface area contributed by atoms with E-state index in [0.717, 1.165) is 56.3 Å². The molecule has 3 aromatic carbocycles. The molecule has 0 radical (unpaired) electrons. The van der Waals surface area contributed by atoms with Crippen molar-refractivity contribution in [2.75, 3.05) is 4.90 Å². The molecule has 0 bridgehead atoms. The van der Waals surface area contributed by atoms with E-state index < -0.39 is 0 Å². The number of rotatable bonds is 8. The van der Waals surface area contributed by atoms with E-state index in [1.54, 1.807) is 5.70 Å². The molecule has 300 valence electrons. The lowest BCUT2D eigenvalue weighted by Crippen LogP contribution is -2.42. The highest BCUT2D eigenvalue weighted by Crippen LogP contribution is 2.55. The molecule has 8 aliphatic rings. The lowest BCUT2D eigenvalue weighted by atomic mass is 9.64. The summed E-state index contributed by atoms with van der Waals surface area (Å²) in [6.45, 7) is 0. The van der Waals surface area contributed by atoms with Gasteiger partial charge in [-0.2, -0.15) is 0 Å². The van der Waals surface area contributed by atoms with Gasteiger partial charge in [0, 0.05) is 28.7 Å². The van der Waals surface area contributed by atoms with Crippen LogP contribution in [-0.4, -0.2) is 17.0 Å². The lowest BCUT2D eigenvalue weighted by Gasteiger charge is -2.44. The van der Waals surface area contributed by atoms with Crippen LogP contribution in [0.2, 0.25) is 0 Å². The van der Waals surface area contributed by atoms with Gasteiger partial charge < -0.3 is 9.80 Å². The number of nitrogens with zero attached hydrogens (tertiary/aromatic N) is 2. The molecule has 0 spiro atoms. The average Bonchev–Trinajstić information content (AvgIpc) is 3.68. The van der Waals surface area contributed by atoms with Crippen molar-refractivity contribution in [1.29, 1.82) is 0 Å². The van der Waals surface area contributed by atoms with Crippen molar-refractivity contribution in [1.82, 2.24) is 4.90 Å². The van der Waals surface area contributed by atoms with Crippen LogP contribution in [0.15, 0.2) is 194 Å². The number of fused-ring (bicyclic) bond motifs is 5. The van der Waals surface area contributed by atoms with Crippen LogP contribution in [0.5, 0.6) is 0 Å². The molecule has 1 saturated heterocycles. The highest BCUT2D eigenvalue weighted by molar-refractivity contribution is 5.79. The van der Waals surface area contributed by atoms with Crippen LogP contribution in [0.4, 0.5) is 11.4 Å². The molecule has 1 aliphatic heterocycles. The molecule has 0 amide bonds. The molecular formula is C58H58N2. The third-order valence-electron chi connectivity index (χ3n) is 15.1. The van der Waals surface area contributed by atoms with Gasteiger partial charge in [-0.25, -0.2) is 0 Å². The van der Waals surface area contributed by atoms with Gasteiger partial charge in [0.25, 0.3) is 0 Å². The largest absolute Gasteiger partial charge is 0.361 e. The fraction of sp³-hybridized carbons (Fsp3) is 0.310. The topological polar surface area (TPSA) is 6.48 Å². The minimum atomic E-state index is 0.452. The maximum atomic E-state index is 2.92. The first kappa shape index (κ1) is 37.4. The van der Waals surface area contributed by atoms with E-state index in [4.69, 9.17) is 0 Å². The summed E-state index contributed by atoms with van der Waals surface area (Å²) in [5.74, 6) is 3.91. The summed E-state index contributed by atoms with van der Waals surface area (Å²) in [7, 11) is 0. The summed E-state index contributed by atoms with van der Waals surface area (Å²) in [4.78, 5) is 5.39. The van der Waals surface area contributed by atoms with Crippen molar-refractivity contribution in [3.63, 3.8) is 0 Å². The number of anilines is 2. The molecule has 2 heteroatoms. The standard InChI is InChI=1S/C58H58N2/c1-3-13-41(14-4-1)43-23-25-44(26-24-43)46-29-36-50(37-30-46)59(49-34-27-45(28-35-49)42-15-5-2-6-16-42)51-38-31-48(32-39-51)52-18-9-11-21-55(52)60-56-22-12-10-20-54(56)58-53-19-8-7-17-47(53)33-40-57(58)60/h2-3,5,7-9,11-15,21-31,33-40,47-48,52-54,56-58H,1,4,6,10,16-20,32H2. The van der Waals surface area contributed by atoms with Crippen LogP contribution in [0, 0.1) is 35.5 Å². The Morgan fingerprint density at radius 3 is 2.02 bits per heavy atom. The van der Waals surface area contributed by atoms with Crippen LogP contribution in [-0.2, 0) is 0 Å². The zero-order valence-electron chi connectivity index (χ0n) is 34.9. The number of allylic oxidation sites excluding steroid dienone is 19. The quantitative estimate of drug-likeness (QED) is 0.210. The SMILES string of the molecule is C1=CCCC(c2ccc(N(C3=CCC(C4CC=CC=C4N4C5C=CCCC5C5C6CC=CCC6C=CC54)C=C3)c3ccc(-c4ccc(C5=CCCC=C5)cc4)cc3)cc2)=C1. The van der Waals surface area contributed by atoms with Crippen LogP contribution >= 0.6 is 0 Å². The van der Waals surface area contributed by atoms with Gasteiger partial charge in [-0.3, -0.25) is 0 Å². The van der Waals surface area contributed by atoms with Gasteiger partial charge in [0.05, 0.1) is 12.1 Å². The fourth-order valence-electron chi connectivity index (χ4n) is 12.1. The van der Waals surface area contributed by atoms with Crippen molar-refractivity contribution < 1.29 is 0 Å². The molecule has 1 heterocycles. The number of likely N-dealkylation sites (tertiary alicyclic amines) is 1. The van der Waals surface area contributed by atoms with Gasteiger partial charge in [0.1, 0.15) is 0 Å². The van der Waals surface area contributed by atoms with Gasteiger partial charge >= 0.3 is 0 Å². The average molecular weight is 783 g/mol. The van der Waals surface area contributed by atoms with Crippen LogP contribution in [0.3, 0.4) is 0 Å². The van der Waals surface area contributed by atoms with Gasteiger partial charge in [-0.15, -0.1) is 0 Å². The van der Waals surface area contributed by atoms with E-state index in [1.165, 1.54) is 76.2 Å². The summed E-state index contributed by atoms with van der Waals surface area (Å²) in [6.07, 6.45) is 55.3. The van der Waals surface area contributed by atoms with Crippen LogP contribution in [0.25, 0.3) is 22.3 Å². The van der Waals surface area contributed by atoms with E-state index in [2.05, 4.69) is 192 Å². The minimum Gasteiger partial charge on any atom is -0.361 e. The maximum Gasteiger partial charge on any atom is 0.0511 e. The number of hydrogen-bond acceptors (Lipinski definition) is 2. The molecule has 8 atom stereocenters. The molecule has 0 aromatic heterocycles. The van der Waals surface area contributed by atoms with Crippen LogP contribution in [0.1, 0.15) is 75.3 Å². The first-order valence-corrected chi connectivity index (χ1v) is 23.1. The third-order valence-corrected chi connectivity index (χ3v) is 15.1. The molecule has 8 unspecified atom stereocenters.